The van der Waals surface area contributed by atoms with Crippen LogP contribution in [0.5, 0.6) is 0 Å². The van der Waals surface area contributed by atoms with Gasteiger partial charge < -0.3 is 20.1 Å². The second kappa shape index (κ2) is 23.0. The van der Waals surface area contributed by atoms with E-state index in [-0.39, 0.29) is 13.0 Å². The molecule has 0 aliphatic carbocycles. The zero-order valence-electron chi connectivity index (χ0n) is 28.8. The van der Waals surface area contributed by atoms with Gasteiger partial charge in [-0.15, -0.1) is 0 Å². The van der Waals surface area contributed by atoms with E-state index in [1.165, 1.54) is 4.67 Å². The van der Waals surface area contributed by atoms with E-state index < -0.39 is 49.9 Å². The molecule has 1 aromatic carbocycles. The number of aliphatic hydroxyl groups excluding tert-OH is 1. The Bertz CT molecular complexity index is 1590. The number of nitrogens with one attached hydrogen (secondary N) is 2. The van der Waals surface area contributed by atoms with Gasteiger partial charge in [0, 0.05) is 25.2 Å². The Morgan fingerprint density at radius 2 is 1.60 bits per heavy atom. The van der Waals surface area contributed by atoms with Crippen LogP contribution >= 0.6 is 7.75 Å². The molecule has 11 nitrogen and oxygen atoms in total. The molecule has 1 aliphatic rings. The lowest BCUT2D eigenvalue weighted by atomic mass is 10.2. The summed E-state index contributed by atoms with van der Waals surface area (Å²) in [4.78, 5) is 36.3. The van der Waals surface area contributed by atoms with Crippen LogP contribution < -0.4 is 21.2 Å². The predicted molar refractivity (Wildman–Crippen MR) is 197 cm³/mol. The SMILES string of the molecule is CC/C=C\CC=CCC=CC/C=C\C/C=C\CCCCNCCN(c1ccccc1)P(=O)(O)OC[C@H]1OC(n2cc(F)c(=O)[nH]c2=O)C[C@@H]1O. The van der Waals surface area contributed by atoms with Crippen LogP contribution in [0.2, 0.25) is 0 Å². The van der Waals surface area contributed by atoms with Gasteiger partial charge in [-0.3, -0.25) is 23.5 Å². The Morgan fingerprint density at radius 3 is 2.24 bits per heavy atom. The van der Waals surface area contributed by atoms with Crippen LogP contribution in [0.25, 0.3) is 0 Å². The van der Waals surface area contributed by atoms with Crippen molar-refractivity contribution >= 4 is 13.4 Å². The van der Waals surface area contributed by atoms with Crippen LogP contribution in [0.4, 0.5) is 10.1 Å². The lowest BCUT2D eigenvalue weighted by Crippen LogP contribution is -2.34. The normalized spacial score (nSPS) is 19.6. The Kier molecular flexibility index (Phi) is 18.7. The molecule has 4 N–H and O–H groups in total. The minimum Gasteiger partial charge on any atom is -0.390 e. The molecule has 2 unspecified atom stereocenters. The number of ether oxygens (including phenoxy) is 1. The quantitative estimate of drug-likeness (QED) is 0.0579. The number of allylic oxidation sites excluding steroid dienone is 10. The predicted octanol–water partition coefficient (Wildman–Crippen LogP) is 6.46. The number of para-hydroxylation sites is 1. The molecule has 2 heterocycles. The summed E-state index contributed by atoms with van der Waals surface area (Å²) >= 11 is 0. The van der Waals surface area contributed by atoms with E-state index in [1.54, 1.807) is 30.3 Å². The van der Waals surface area contributed by atoms with Crippen molar-refractivity contribution in [2.24, 2.45) is 0 Å². The summed E-state index contributed by atoms with van der Waals surface area (Å²) in [6.45, 7) is 3.03. The van der Waals surface area contributed by atoms with Crippen LogP contribution in [0.15, 0.2) is 107 Å². The fourth-order valence-corrected chi connectivity index (χ4v) is 6.40. The molecule has 0 saturated carbocycles. The van der Waals surface area contributed by atoms with Gasteiger partial charge in [0.15, 0.2) is 0 Å². The number of H-pyrrole nitrogens is 1. The molecule has 1 aromatic heterocycles. The monoisotopic (exact) mass is 714 g/mol. The van der Waals surface area contributed by atoms with E-state index in [0.29, 0.717) is 18.4 Å². The maximum Gasteiger partial charge on any atom is 0.432 e. The van der Waals surface area contributed by atoms with Crippen molar-refractivity contribution in [2.45, 2.75) is 83.1 Å². The van der Waals surface area contributed by atoms with Crippen LogP contribution in [-0.4, -0.2) is 58.0 Å². The minimum atomic E-state index is -4.41. The van der Waals surface area contributed by atoms with E-state index in [0.717, 1.165) is 62.5 Å². The number of hydrogen-bond acceptors (Lipinski definition) is 7. The lowest BCUT2D eigenvalue weighted by molar-refractivity contribution is -0.0428. The highest BCUT2D eigenvalue weighted by atomic mass is 31.2. The van der Waals surface area contributed by atoms with Gasteiger partial charge in [-0.1, -0.05) is 85.9 Å². The molecular formula is C37H52FN4O7P. The van der Waals surface area contributed by atoms with Crippen molar-refractivity contribution in [1.29, 1.82) is 0 Å². The number of nitrogens with zero attached hydrogens (tertiary/aromatic N) is 2. The van der Waals surface area contributed by atoms with Crippen LogP contribution in [0.3, 0.4) is 0 Å². The maximum atomic E-state index is 13.8. The number of anilines is 1. The minimum absolute atomic E-state index is 0.109. The van der Waals surface area contributed by atoms with Crippen molar-refractivity contribution in [2.75, 3.05) is 30.9 Å². The standard InChI is InChI=1S/C37H52FN4O7P/c1-2-3-4-5-6-7-8-9-10-11-12-13-14-15-16-17-18-22-25-39-26-27-42(31-23-20-19-21-24-31)50(46,47)48-30-34-33(43)28-35(49-34)41-29-32(38)36(44)40-37(41)45/h3-4,6-7,9-10,12-13,15-16,19-21,23-24,29,33-35,39,43H,2,5,8,11,14,17-18,22,25-28,30H2,1H3,(H,46,47)(H,40,44,45)/b4-3-,7-6?,10-9?,13-12-,16-15-/t33-,34+,35?/m0/s1. The number of halogens is 1. The molecule has 3 rings (SSSR count). The van der Waals surface area contributed by atoms with E-state index >= 15 is 0 Å². The molecule has 4 atom stereocenters. The third-order valence-electron chi connectivity index (χ3n) is 7.84. The van der Waals surface area contributed by atoms with Crippen molar-refractivity contribution in [3.05, 3.63) is 124 Å². The molecule has 1 fully saturated rings. The molecule has 50 heavy (non-hydrogen) atoms. The molecule has 1 saturated heterocycles. The van der Waals surface area contributed by atoms with Crippen molar-refractivity contribution in [1.82, 2.24) is 14.9 Å². The summed E-state index contributed by atoms with van der Waals surface area (Å²) in [7, 11) is -4.41. The summed E-state index contributed by atoms with van der Waals surface area (Å²) < 4.78 is 40.4. The fraction of sp³-hybridized carbons (Fsp3) is 0.459. The van der Waals surface area contributed by atoms with Gasteiger partial charge in [-0.05, 0) is 70.0 Å². The Labute approximate surface area is 294 Å². The number of aliphatic hydroxyl groups is 1. The lowest BCUT2D eigenvalue weighted by Gasteiger charge is -2.29. The van der Waals surface area contributed by atoms with Crippen molar-refractivity contribution < 1.29 is 28.2 Å². The molecule has 2 aromatic rings. The highest BCUT2D eigenvalue weighted by molar-refractivity contribution is 7.54. The van der Waals surface area contributed by atoms with Gasteiger partial charge in [-0.25, -0.2) is 9.36 Å². The van der Waals surface area contributed by atoms with Crippen molar-refractivity contribution in [3.8, 4) is 0 Å². The topological polar surface area (TPSA) is 146 Å². The number of aromatic amines is 1. The average molecular weight is 715 g/mol. The van der Waals surface area contributed by atoms with E-state index in [1.807, 2.05) is 4.98 Å². The Morgan fingerprint density at radius 1 is 0.980 bits per heavy atom. The first-order valence-corrected chi connectivity index (χ1v) is 18.9. The third-order valence-corrected chi connectivity index (χ3v) is 9.36. The first kappa shape index (κ1) is 40.8. The van der Waals surface area contributed by atoms with Gasteiger partial charge in [-0.2, -0.15) is 4.39 Å². The number of hydrogen-bond donors (Lipinski definition) is 4. The van der Waals surface area contributed by atoms with E-state index in [2.05, 4.69) is 73.0 Å². The number of unbranched alkanes of at least 4 members (excludes halogenated alkanes) is 2. The van der Waals surface area contributed by atoms with Crippen LogP contribution in [-0.2, 0) is 13.8 Å². The molecule has 1 aliphatic heterocycles. The summed E-state index contributed by atoms with van der Waals surface area (Å²) in [6.07, 6.45) is 27.0. The zero-order valence-corrected chi connectivity index (χ0v) is 29.7. The smallest absolute Gasteiger partial charge is 0.390 e. The zero-order chi connectivity index (χ0) is 36.0. The first-order chi connectivity index (χ1) is 24.2. The molecule has 0 amide bonds. The van der Waals surface area contributed by atoms with Gasteiger partial charge in [0.25, 0.3) is 5.56 Å². The van der Waals surface area contributed by atoms with E-state index in [4.69, 9.17) is 9.26 Å². The van der Waals surface area contributed by atoms with Gasteiger partial charge in [0.1, 0.15) is 12.3 Å². The third kappa shape index (κ3) is 14.7. The summed E-state index contributed by atoms with van der Waals surface area (Å²) in [5.41, 5.74) is -1.58. The van der Waals surface area contributed by atoms with Crippen LogP contribution in [0, 0.1) is 5.82 Å². The first-order valence-electron chi connectivity index (χ1n) is 17.3. The molecule has 13 heteroatoms. The molecule has 274 valence electrons. The summed E-state index contributed by atoms with van der Waals surface area (Å²) in [5.74, 6) is -1.18. The van der Waals surface area contributed by atoms with E-state index in [9.17, 15) is 28.5 Å². The highest BCUT2D eigenvalue weighted by Crippen LogP contribution is 2.49. The summed E-state index contributed by atoms with van der Waals surface area (Å²) in [5, 5.41) is 13.8. The molecule has 0 radical (unpaired) electrons. The molecule has 0 spiro atoms. The van der Waals surface area contributed by atoms with Gasteiger partial charge >= 0.3 is 13.4 Å². The Balaban J connectivity index is 1.34. The Hall–Kier alpha value is -3.64. The number of aromatic nitrogens is 2. The second-order valence-electron chi connectivity index (χ2n) is 11.8. The number of benzene rings is 1. The highest BCUT2D eigenvalue weighted by Gasteiger charge is 2.39. The molecule has 0 bridgehead atoms. The average Bonchev–Trinajstić information content (AvgIpc) is 3.47. The second-order valence-corrected chi connectivity index (χ2v) is 13.5. The van der Waals surface area contributed by atoms with Crippen LogP contribution in [0.1, 0.15) is 70.9 Å². The van der Waals surface area contributed by atoms with Gasteiger partial charge in [0.2, 0.25) is 5.82 Å². The largest absolute Gasteiger partial charge is 0.432 e. The molecular weight excluding hydrogens is 662 g/mol. The fourth-order valence-electron chi connectivity index (χ4n) is 5.14. The maximum absolute atomic E-state index is 13.8. The van der Waals surface area contributed by atoms with Gasteiger partial charge in [0.05, 0.1) is 18.9 Å². The summed E-state index contributed by atoms with van der Waals surface area (Å²) in [6, 6.07) is 8.70. The van der Waals surface area contributed by atoms with Crippen molar-refractivity contribution in [3.63, 3.8) is 0 Å². The number of rotatable bonds is 23.